The quantitative estimate of drug-likeness (QED) is 0.513. The SMILES string of the molecule is Cc1nn(C2(C)CCC2)c(C)c1C#CC1CN(c2ccc3c(c2)C(=O)N(C2CCC(=O)NC2=O)C3=O)C1. The molecular formula is C28H29N5O4. The molecule has 0 radical (unpaired) electrons. The van der Waals surface area contributed by atoms with Crippen molar-refractivity contribution in [1.82, 2.24) is 20.0 Å². The number of hydrogen-bond donors (Lipinski definition) is 1. The molecule has 4 aliphatic rings. The average Bonchev–Trinajstić information content (AvgIpc) is 3.24. The third kappa shape index (κ3) is 3.66. The molecule has 0 bridgehead atoms. The van der Waals surface area contributed by atoms with Crippen LogP contribution in [0, 0.1) is 31.6 Å². The Morgan fingerprint density at radius 2 is 1.78 bits per heavy atom. The van der Waals surface area contributed by atoms with Gasteiger partial charge in [-0.1, -0.05) is 11.8 Å². The van der Waals surface area contributed by atoms with Crippen LogP contribution in [0.2, 0.25) is 0 Å². The highest BCUT2D eigenvalue weighted by atomic mass is 16.2. The smallest absolute Gasteiger partial charge is 0.262 e. The second-order valence-corrected chi connectivity index (χ2v) is 10.9. The number of nitrogens with one attached hydrogen (secondary N) is 1. The van der Waals surface area contributed by atoms with Gasteiger partial charge < -0.3 is 4.90 Å². The van der Waals surface area contributed by atoms with Crippen molar-refractivity contribution in [3.8, 4) is 11.8 Å². The number of aryl methyl sites for hydroxylation is 1. The summed E-state index contributed by atoms with van der Waals surface area (Å²) in [6.45, 7) is 7.84. The van der Waals surface area contributed by atoms with Crippen molar-refractivity contribution in [2.75, 3.05) is 18.0 Å². The molecule has 9 heteroatoms. The molecular weight excluding hydrogens is 470 g/mol. The van der Waals surface area contributed by atoms with E-state index in [2.05, 4.69) is 40.6 Å². The molecule has 190 valence electrons. The second-order valence-electron chi connectivity index (χ2n) is 10.9. The fraction of sp³-hybridized carbons (Fsp3) is 0.464. The standard InChI is InChI=1S/C28H29N5O4/c1-16-20(17(2)33(30-16)28(3)11-4-12-28)7-5-18-14-31(15-18)19-6-8-21-22(13-19)27(37)32(26(21)36)23-9-10-24(34)29-25(23)35/h6,8,13,18,23H,4,9-12,14-15H2,1-3H3,(H,29,34,35). The van der Waals surface area contributed by atoms with Gasteiger partial charge in [-0.15, -0.1) is 0 Å². The molecule has 0 spiro atoms. The molecule has 1 aromatic heterocycles. The monoisotopic (exact) mass is 499 g/mol. The molecule has 4 amide bonds. The summed E-state index contributed by atoms with van der Waals surface area (Å²) in [5, 5.41) is 7.00. The number of carbonyl (C=O) groups is 4. The summed E-state index contributed by atoms with van der Waals surface area (Å²) in [4.78, 5) is 52.9. The zero-order chi connectivity index (χ0) is 26.1. The van der Waals surface area contributed by atoms with Crippen LogP contribution in [0.1, 0.15) is 76.7 Å². The maximum Gasteiger partial charge on any atom is 0.262 e. The van der Waals surface area contributed by atoms with E-state index in [-0.39, 0.29) is 30.2 Å². The third-order valence-corrected chi connectivity index (χ3v) is 8.30. The molecule has 2 saturated heterocycles. The minimum Gasteiger partial charge on any atom is -0.369 e. The van der Waals surface area contributed by atoms with Crippen LogP contribution in [0.15, 0.2) is 18.2 Å². The van der Waals surface area contributed by atoms with Crippen molar-refractivity contribution in [2.24, 2.45) is 5.92 Å². The number of piperidine rings is 1. The van der Waals surface area contributed by atoms with Gasteiger partial charge in [0.15, 0.2) is 0 Å². The van der Waals surface area contributed by atoms with E-state index in [0.717, 1.165) is 53.5 Å². The second kappa shape index (κ2) is 8.30. The number of amides is 4. The largest absolute Gasteiger partial charge is 0.369 e. The Morgan fingerprint density at radius 1 is 1.05 bits per heavy atom. The number of rotatable bonds is 3. The lowest BCUT2D eigenvalue weighted by molar-refractivity contribution is -0.136. The normalized spacial score (nSPS) is 22.7. The van der Waals surface area contributed by atoms with Gasteiger partial charge in [0.1, 0.15) is 6.04 Å². The predicted molar refractivity (Wildman–Crippen MR) is 135 cm³/mol. The van der Waals surface area contributed by atoms with Gasteiger partial charge >= 0.3 is 0 Å². The topological polar surface area (TPSA) is 105 Å². The van der Waals surface area contributed by atoms with Crippen LogP contribution in [-0.4, -0.2) is 57.4 Å². The van der Waals surface area contributed by atoms with Gasteiger partial charge in [0.05, 0.1) is 39.5 Å². The summed E-state index contributed by atoms with van der Waals surface area (Å²) in [6, 6.07) is 4.25. The molecule has 4 heterocycles. The molecule has 9 nitrogen and oxygen atoms in total. The summed E-state index contributed by atoms with van der Waals surface area (Å²) in [6.07, 6.45) is 3.79. The van der Waals surface area contributed by atoms with Crippen LogP contribution in [0.3, 0.4) is 0 Å². The number of imide groups is 2. The lowest BCUT2D eigenvalue weighted by Crippen LogP contribution is -2.54. The highest BCUT2D eigenvalue weighted by Gasteiger charge is 2.45. The number of benzene rings is 1. The van der Waals surface area contributed by atoms with Crippen LogP contribution in [0.25, 0.3) is 0 Å². The Hall–Kier alpha value is -3.93. The lowest BCUT2D eigenvalue weighted by atomic mass is 9.78. The van der Waals surface area contributed by atoms with E-state index in [9.17, 15) is 19.2 Å². The zero-order valence-corrected chi connectivity index (χ0v) is 21.3. The minimum absolute atomic E-state index is 0.102. The van der Waals surface area contributed by atoms with Crippen LogP contribution >= 0.6 is 0 Å². The number of fused-ring (bicyclic) bond motifs is 1. The van der Waals surface area contributed by atoms with Gasteiger partial charge in [0.2, 0.25) is 11.8 Å². The first-order chi connectivity index (χ1) is 17.7. The average molecular weight is 500 g/mol. The number of aromatic nitrogens is 2. The van der Waals surface area contributed by atoms with Crippen molar-refractivity contribution in [1.29, 1.82) is 0 Å². The van der Waals surface area contributed by atoms with E-state index in [0.29, 0.717) is 11.1 Å². The molecule has 1 aliphatic carbocycles. The van der Waals surface area contributed by atoms with Crippen molar-refractivity contribution < 1.29 is 19.2 Å². The molecule has 1 atom stereocenters. The Balaban J connectivity index is 1.14. The minimum atomic E-state index is -0.958. The fourth-order valence-corrected chi connectivity index (χ4v) is 5.86. The van der Waals surface area contributed by atoms with Gasteiger partial charge in [-0.3, -0.25) is 34.1 Å². The van der Waals surface area contributed by atoms with Crippen molar-refractivity contribution in [3.05, 3.63) is 46.3 Å². The Morgan fingerprint density at radius 3 is 2.46 bits per heavy atom. The zero-order valence-electron chi connectivity index (χ0n) is 21.3. The summed E-state index contributed by atoms with van der Waals surface area (Å²) in [5.41, 5.74) is 4.66. The molecule has 37 heavy (non-hydrogen) atoms. The molecule has 1 saturated carbocycles. The lowest BCUT2D eigenvalue weighted by Gasteiger charge is -2.39. The van der Waals surface area contributed by atoms with Gasteiger partial charge in [-0.25, -0.2) is 0 Å². The van der Waals surface area contributed by atoms with E-state index in [1.165, 1.54) is 6.42 Å². The van der Waals surface area contributed by atoms with Gasteiger partial charge in [-0.2, -0.15) is 5.10 Å². The van der Waals surface area contributed by atoms with E-state index in [4.69, 9.17) is 5.10 Å². The van der Waals surface area contributed by atoms with Gasteiger partial charge in [0.25, 0.3) is 11.8 Å². The number of nitrogens with zero attached hydrogens (tertiary/aromatic N) is 4. The van der Waals surface area contributed by atoms with E-state index < -0.39 is 23.8 Å². The predicted octanol–water partition coefficient (Wildman–Crippen LogP) is 2.29. The third-order valence-electron chi connectivity index (χ3n) is 8.30. The van der Waals surface area contributed by atoms with Crippen LogP contribution in [0.4, 0.5) is 5.69 Å². The van der Waals surface area contributed by atoms with Crippen LogP contribution in [0.5, 0.6) is 0 Å². The number of carbonyl (C=O) groups excluding carboxylic acids is 4. The Kier molecular flexibility index (Phi) is 5.26. The highest BCUT2D eigenvalue weighted by molar-refractivity contribution is 6.23. The van der Waals surface area contributed by atoms with Crippen LogP contribution in [-0.2, 0) is 15.1 Å². The maximum absolute atomic E-state index is 13.1. The molecule has 6 rings (SSSR count). The number of hydrogen-bond acceptors (Lipinski definition) is 6. The summed E-state index contributed by atoms with van der Waals surface area (Å²) in [5.74, 6) is 5.00. The molecule has 3 fully saturated rings. The van der Waals surface area contributed by atoms with Crippen molar-refractivity contribution in [2.45, 2.75) is 64.5 Å². The van der Waals surface area contributed by atoms with Crippen molar-refractivity contribution >= 4 is 29.3 Å². The highest BCUT2D eigenvalue weighted by Crippen LogP contribution is 2.40. The first kappa shape index (κ1) is 23.5. The van der Waals surface area contributed by atoms with E-state index >= 15 is 0 Å². The molecule has 3 aliphatic heterocycles. The van der Waals surface area contributed by atoms with E-state index in [1.807, 2.05) is 13.0 Å². The Bertz CT molecular complexity index is 1430. The first-order valence-corrected chi connectivity index (χ1v) is 12.8. The first-order valence-electron chi connectivity index (χ1n) is 12.8. The van der Waals surface area contributed by atoms with Crippen molar-refractivity contribution in [3.63, 3.8) is 0 Å². The van der Waals surface area contributed by atoms with Gasteiger partial charge in [0, 0.05) is 25.2 Å². The summed E-state index contributed by atoms with van der Waals surface area (Å²) < 4.78 is 2.16. The number of anilines is 1. The molecule has 1 unspecified atom stereocenters. The molecule has 2 aromatic rings. The van der Waals surface area contributed by atoms with Gasteiger partial charge in [-0.05, 0) is 64.7 Å². The molecule has 1 N–H and O–H groups in total. The molecule has 1 aromatic carbocycles. The van der Waals surface area contributed by atoms with E-state index in [1.54, 1.807) is 12.1 Å². The summed E-state index contributed by atoms with van der Waals surface area (Å²) in [7, 11) is 0. The summed E-state index contributed by atoms with van der Waals surface area (Å²) >= 11 is 0. The fourth-order valence-electron chi connectivity index (χ4n) is 5.86. The Labute approximate surface area is 215 Å². The van der Waals surface area contributed by atoms with Crippen LogP contribution < -0.4 is 10.2 Å². The maximum atomic E-state index is 13.1.